The third-order valence-corrected chi connectivity index (χ3v) is 2.61. The molecule has 0 saturated heterocycles. The lowest BCUT2D eigenvalue weighted by atomic mass is 10.1. The molecule has 0 spiro atoms. The van der Waals surface area contributed by atoms with Crippen LogP contribution in [0.1, 0.15) is 21.7 Å². The summed E-state index contributed by atoms with van der Waals surface area (Å²) in [5, 5.41) is 0. The maximum absolute atomic E-state index is 12.0. The van der Waals surface area contributed by atoms with Crippen molar-refractivity contribution in [1.29, 1.82) is 0 Å². The molecule has 0 fully saturated rings. The van der Waals surface area contributed by atoms with Gasteiger partial charge < -0.3 is 9.97 Å². The smallest absolute Gasteiger partial charge is 0.185 e. The standard InChI is InChI=1S/C12H12N2OS/c1-8-11(14-12(16)13-8)10(15)7-9-5-3-2-4-6-9/h2-6H,7H2,1H3,(H2,13,14,16). The SMILES string of the molecule is Cc1[nH]c(=S)[nH]c1C(=O)Cc1ccccc1. The lowest BCUT2D eigenvalue weighted by molar-refractivity contribution is 0.0988. The second-order valence-electron chi connectivity index (χ2n) is 3.66. The first-order valence-electron chi connectivity index (χ1n) is 5.03. The summed E-state index contributed by atoms with van der Waals surface area (Å²) in [5.41, 5.74) is 2.38. The molecule has 0 bridgehead atoms. The van der Waals surface area contributed by atoms with Crippen LogP contribution >= 0.6 is 12.2 Å². The second-order valence-corrected chi connectivity index (χ2v) is 4.07. The molecule has 2 rings (SSSR count). The van der Waals surface area contributed by atoms with Crippen LogP contribution in [0.25, 0.3) is 0 Å². The van der Waals surface area contributed by atoms with Gasteiger partial charge in [0.05, 0.1) is 0 Å². The minimum atomic E-state index is 0.0519. The van der Waals surface area contributed by atoms with Crippen molar-refractivity contribution in [1.82, 2.24) is 9.97 Å². The largest absolute Gasteiger partial charge is 0.334 e. The summed E-state index contributed by atoms with van der Waals surface area (Å²) >= 11 is 4.94. The average Bonchev–Trinajstić information content (AvgIpc) is 2.59. The van der Waals surface area contributed by atoms with Crippen molar-refractivity contribution in [2.45, 2.75) is 13.3 Å². The van der Waals surface area contributed by atoms with E-state index in [1.165, 1.54) is 0 Å². The molecule has 2 N–H and O–H groups in total. The Labute approximate surface area is 98.5 Å². The summed E-state index contributed by atoms with van der Waals surface area (Å²) < 4.78 is 0.494. The van der Waals surface area contributed by atoms with Crippen molar-refractivity contribution in [2.24, 2.45) is 0 Å². The summed E-state index contributed by atoms with van der Waals surface area (Å²) in [6, 6.07) is 9.66. The van der Waals surface area contributed by atoms with Gasteiger partial charge in [-0.25, -0.2) is 0 Å². The van der Waals surface area contributed by atoms with Crippen LogP contribution in [0, 0.1) is 11.7 Å². The van der Waals surface area contributed by atoms with Gasteiger partial charge in [0.2, 0.25) is 0 Å². The van der Waals surface area contributed by atoms with Crippen molar-refractivity contribution in [3.05, 3.63) is 52.1 Å². The third kappa shape index (κ3) is 2.28. The number of carbonyl (C=O) groups excluding carboxylic acids is 1. The molecule has 2 aromatic rings. The first kappa shape index (κ1) is 10.8. The number of rotatable bonds is 3. The van der Waals surface area contributed by atoms with Crippen LogP contribution in [-0.2, 0) is 6.42 Å². The Morgan fingerprint density at radius 1 is 1.25 bits per heavy atom. The molecule has 0 unspecified atom stereocenters. The van der Waals surface area contributed by atoms with Crippen LogP contribution in [0.15, 0.2) is 30.3 Å². The molecule has 1 aromatic carbocycles. The van der Waals surface area contributed by atoms with Crippen LogP contribution in [0.5, 0.6) is 0 Å². The summed E-state index contributed by atoms with van der Waals surface area (Å²) in [6.07, 6.45) is 0.394. The lowest BCUT2D eigenvalue weighted by Crippen LogP contribution is -2.05. The van der Waals surface area contributed by atoms with E-state index in [1.54, 1.807) is 0 Å². The molecule has 3 nitrogen and oxygen atoms in total. The van der Waals surface area contributed by atoms with Crippen molar-refractivity contribution in [2.75, 3.05) is 0 Å². The van der Waals surface area contributed by atoms with Gasteiger partial charge in [0.1, 0.15) is 5.69 Å². The van der Waals surface area contributed by atoms with Crippen molar-refractivity contribution in [3.8, 4) is 0 Å². The van der Waals surface area contributed by atoms with Gasteiger partial charge in [0.15, 0.2) is 10.6 Å². The predicted molar refractivity (Wildman–Crippen MR) is 65.2 cm³/mol. The fourth-order valence-electron chi connectivity index (χ4n) is 1.62. The van der Waals surface area contributed by atoms with Crippen molar-refractivity contribution >= 4 is 18.0 Å². The number of imidazole rings is 1. The van der Waals surface area contributed by atoms with Gasteiger partial charge in [-0.05, 0) is 24.7 Å². The quantitative estimate of drug-likeness (QED) is 0.631. The summed E-state index contributed by atoms with van der Waals surface area (Å²) in [7, 11) is 0. The number of hydrogen-bond donors (Lipinski definition) is 2. The van der Waals surface area contributed by atoms with Crippen LogP contribution in [-0.4, -0.2) is 15.8 Å². The number of nitrogens with one attached hydrogen (secondary N) is 2. The van der Waals surface area contributed by atoms with Crippen LogP contribution in [0.3, 0.4) is 0 Å². The van der Waals surface area contributed by atoms with Gasteiger partial charge in [-0.1, -0.05) is 30.3 Å². The van der Waals surface area contributed by atoms with E-state index in [4.69, 9.17) is 12.2 Å². The number of carbonyl (C=O) groups is 1. The zero-order valence-electron chi connectivity index (χ0n) is 8.91. The molecule has 1 heterocycles. The molecular weight excluding hydrogens is 220 g/mol. The number of Topliss-reactive ketones (excluding diaryl/α,β-unsaturated/α-hetero) is 1. The van der Waals surface area contributed by atoms with Gasteiger partial charge >= 0.3 is 0 Å². The molecule has 0 saturated carbocycles. The molecule has 0 amide bonds. The summed E-state index contributed by atoms with van der Waals surface area (Å²) in [4.78, 5) is 17.7. The molecule has 0 aliphatic carbocycles. The highest BCUT2D eigenvalue weighted by atomic mass is 32.1. The summed E-state index contributed by atoms with van der Waals surface area (Å²) in [6.45, 7) is 1.84. The highest BCUT2D eigenvalue weighted by Gasteiger charge is 2.11. The minimum Gasteiger partial charge on any atom is -0.334 e. The number of H-pyrrole nitrogens is 2. The van der Waals surface area contributed by atoms with E-state index in [0.717, 1.165) is 11.3 Å². The molecule has 0 atom stereocenters. The van der Waals surface area contributed by atoms with E-state index < -0.39 is 0 Å². The van der Waals surface area contributed by atoms with E-state index in [0.29, 0.717) is 16.9 Å². The molecule has 0 aliphatic rings. The molecule has 0 radical (unpaired) electrons. The minimum absolute atomic E-state index is 0.0519. The first-order valence-corrected chi connectivity index (χ1v) is 5.43. The fraction of sp³-hybridized carbons (Fsp3) is 0.167. The Balaban J connectivity index is 2.21. The maximum atomic E-state index is 12.0. The number of aromatic amines is 2. The number of ketones is 1. The van der Waals surface area contributed by atoms with Gasteiger partial charge in [-0.2, -0.15) is 0 Å². The molecule has 0 aliphatic heterocycles. The average molecular weight is 232 g/mol. The van der Waals surface area contributed by atoms with E-state index in [9.17, 15) is 4.79 Å². The number of aromatic nitrogens is 2. The fourth-order valence-corrected chi connectivity index (χ4v) is 1.87. The molecule has 16 heavy (non-hydrogen) atoms. The molecule has 1 aromatic heterocycles. The topological polar surface area (TPSA) is 48.6 Å². The molecule has 4 heteroatoms. The number of benzene rings is 1. The Bertz CT molecular complexity index is 554. The van der Waals surface area contributed by atoms with E-state index in [2.05, 4.69) is 9.97 Å². The van der Waals surface area contributed by atoms with Gasteiger partial charge in [0.25, 0.3) is 0 Å². The van der Waals surface area contributed by atoms with E-state index in [1.807, 2.05) is 37.3 Å². The highest BCUT2D eigenvalue weighted by Crippen LogP contribution is 2.08. The zero-order valence-corrected chi connectivity index (χ0v) is 9.73. The third-order valence-electron chi connectivity index (χ3n) is 2.40. The van der Waals surface area contributed by atoms with Gasteiger partial charge in [0, 0.05) is 12.1 Å². The molecular formula is C12H12N2OS. The Morgan fingerprint density at radius 2 is 1.94 bits per heavy atom. The van der Waals surface area contributed by atoms with Gasteiger partial charge in [-0.3, -0.25) is 4.79 Å². The maximum Gasteiger partial charge on any atom is 0.185 e. The Kier molecular flexibility index (Phi) is 3.01. The molecule has 82 valence electrons. The first-order chi connectivity index (χ1) is 7.66. The van der Waals surface area contributed by atoms with Crippen molar-refractivity contribution in [3.63, 3.8) is 0 Å². The Hall–Kier alpha value is -1.68. The van der Waals surface area contributed by atoms with Crippen LogP contribution < -0.4 is 0 Å². The van der Waals surface area contributed by atoms with Crippen molar-refractivity contribution < 1.29 is 4.79 Å². The Morgan fingerprint density at radius 3 is 2.50 bits per heavy atom. The number of aryl methyl sites for hydroxylation is 1. The zero-order chi connectivity index (χ0) is 11.5. The summed E-state index contributed by atoms with van der Waals surface area (Å²) in [5.74, 6) is 0.0519. The van der Waals surface area contributed by atoms with Gasteiger partial charge in [-0.15, -0.1) is 0 Å². The van der Waals surface area contributed by atoms with E-state index in [-0.39, 0.29) is 5.78 Å². The van der Waals surface area contributed by atoms with E-state index >= 15 is 0 Å². The van der Waals surface area contributed by atoms with Crippen LogP contribution in [0.2, 0.25) is 0 Å². The lowest BCUT2D eigenvalue weighted by Gasteiger charge is -1.99. The van der Waals surface area contributed by atoms with Crippen LogP contribution in [0.4, 0.5) is 0 Å². The number of hydrogen-bond acceptors (Lipinski definition) is 2. The monoisotopic (exact) mass is 232 g/mol. The predicted octanol–water partition coefficient (Wildman–Crippen LogP) is 2.81. The highest BCUT2D eigenvalue weighted by molar-refractivity contribution is 7.71. The second kappa shape index (κ2) is 4.45. The normalized spacial score (nSPS) is 10.3.